The molecule has 0 saturated carbocycles. The number of halogens is 1. The molecule has 0 aromatic heterocycles. The monoisotopic (exact) mass is 278 g/mol. The minimum atomic E-state index is -0.190. The highest BCUT2D eigenvalue weighted by Crippen LogP contribution is 2.18. The molecule has 2 heterocycles. The van der Waals surface area contributed by atoms with E-state index in [2.05, 4.69) is 10.2 Å². The van der Waals surface area contributed by atoms with Crippen molar-refractivity contribution in [1.29, 1.82) is 0 Å². The lowest BCUT2D eigenvalue weighted by Crippen LogP contribution is -2.51. The number of hydrogen-bond acceptors (Lipinski definition) is 3. The Hall–Kier alpha value is -1.66. The van der Waals surface area contributed by atoms with Gasteiger partial charge >= 0.3 is 6.03 Å². The Labute approximate surface area is 117 Å². The van der Waals surface area contributed by atoms with E-state index in [9.17, 15) is 9.18 Å². The van der Waals surface area contributed by atoms with E-state index in [1.807, 2.05) is 11.0 Å². The molecule has 0 spiro atoms. The van der Waals surface area contributed by atoms with Crippen molar-refractivity contribution in [2.24, 2.45) is 5.73 Å². The van der Waals surface area contributed by atoms with Gasteiger partial charge in [0, 0.05) is 44.8 Å². The molecule has 2 amide bonds. The summed E-state index contributed by atoms with van der Waals surface area (Å²) in [6.07, 6.45) is 0. The van der Waals surface area contributed by atoms with Gasteiger partial charge in [-0.1, -0.05) is 12.1 Å². The first-order valence-corrected chi connectivity index (χ1v) is 6.91. The number of piperazine rings is 1. The molecule has 0 aliphatic carbocycles. The summed E-state index contributed by atoms with van der Waals surface area (Å²) in [4.78, 5) is 15.6. The van der Waals surface area contributed by atoms with Gasteiger partial charge < -0.3 is 16.0 Å². The van der Waals surface area contributed by atoms with Gasteiger partial charge in [-0.2, -0.15) is 0 Å². The van der Waals surface area contributed by atoms with Crippen molar-refractivity contribution in [3.05, 3.63) is 35.1 Å². The maximum atomic E-state index is 13.8. The Morgan fingerprint density at radius 2 is 2.25 bits per heavy atom. The van der Waals surface area contributed by atoms with E-state index >= 15 is 0 Å². The van der Waals surface area contributed by atoms with E-state index in [0.29, 0.717) is 31.7 Å². The van der Waals surface area contributed by atoms with Crippen LogP contribution in [0.2, 0.25) is 0 Å². The number of fused-ring (bicyclic) bond motifs is 1. The third-order valence-electron chi connectivity index (χ3n) is 4.06. The van der Waals surface area contributed by atoms with Crippen LogP contribution in [0.1, 0.15) is 11.1 Å². The zero-order chi connectivity index (χ0) is 14.1. The second kappa shape index (κ2) is 5.38. The van der Waals surface area contributed by atoms with E-state index in [1.54, 1.807) is 6.07 Å². The van der Waals surface area contributed by atoms with Gasteiger partial charge in [-0.15, -0.1) is 0 Å². The lowest BCUT2D eigenvalue weighted by atomic mass is 10.1. The second-order valence-corrected chi connectivity index (χ2v) is 5.40. The molecule has 1 aromatic rings. The van der Waals surface area contributed by atoms with Crippen LogP contribution in [0.15, 0.2) is 18.2 Å². The zero-order valence-electron chi connectivity index (χ0n) is 11.3. The van der Waals surface area contributed by atoms with E-state index in [0.717, 1.165) is 18.7 Å². The summed E-state index contributed by atoms with van der Waals surface area (Å²) in [5, 5.41) is 2.85. The average Bonchev–Trinajstić information content (AvgIpc) is 2.82. The molecular formula is C14H19FN4O. The van der Waals surface area contributed by atoms with Crippen LogP contribution in [-0.2, 0) is 13.1 Å². The Balaban J connectivity index is 1.68. The van der Waals surface area contributed by atoms with Crippen LogP contribution >= 0.6 is 0 Å². The fourth-order valence-electron chi connectivity index (χ4n) is 2.93. The highest BCUT2D eigenvalue weighted by molar-refractivity contribution is 5.77. The lowest BCUT2D eigenvalue weighted by Gasteiger charge is -2.36. The van der Waals surface area contributed by atoms with Crippen LogP contribution in [0.25, 0.3) is 0 Å². The molecule has 1 unspecified atom stereocenters. The Morgan fingerprint density at radius 1 is 1.40 bits per heavy atom. The van der Waals surface area contributed by atoms with Gasteiger partial charge in [-0.05, 0) is 11.6 Å². The van der Waals surface area contributed by atoms with Crippen molar-refractivity contribution < 1.29 is 9.18 Å². The molecule has 5 nitrogen and oxygen atoms in total. The van der Waals surface area contributed by atoms with Gasteiger partial charge in [-0.25, -0.2) is 9.18 Å². The predicted octanol–water partition coefficient (Wildman–Crippen LogP) is 0.494. The molecule has 0 bridgehead atoms. The van der Waals surface area contributed by atoms with Crippen LogP contribution in [0.3, 0.4) is 0 Å². The normalized spacial score (nSPS) is 22.8. The molecular weight excluding hydrogens is 259 g/mol. The lowest BCUT2D eigenvalue weighted by molar-refractivity contribution is 0.116. The maximum Gasteiger partial charge on any atom is 0.317 e. The van der Waals surface area contributed by atoms with Crippen LogP contribution in [-0.4, -0.2) is 48.1 Å². The van der Waals surface area contributed by atoms with E-state index in [-0.39, 0.29) is 17.9 Å². The van der Waals surface area contributed by atoms with E-state index < -0.39 is 0 Å². The number of nitrogens with one attached hydrogen (secondary N) is 1. The van der Waals surface area contributed by atoms with Crippen molar-refractivity contribution in [2.75, 3.05) is 26.2 Å². The number of benzene rings is 1. The number of hydrogen-bond donors (Lipinski definition) is 2. The van der Waals surface area contributed by atoms with E-state index in [4.69, 9.17) is 5.73 Å². The second-order valence-electron chi connectivity index (χ2n) is 5.40. The molecule has 20 heavy (non-hydrogen) atoms. The maximum absolute atomic E-state index is 13.8. The van der Waals surface area contributed by atoms with Gasteiger partial charge in [0.05, 0.1) is 6.04 Å². The first kappa shape index (κ1) is 13.3. The summed E-state index contributed by atoms with van der Waals surface area (Å²) < 4.78 is 13.8. The van der Waals surface area contributed by atoms with Crippen molar-refractivity contribution in [2.45, 2.75) is 19.1 Å². The van der Waals surface area contributed by atoms with Crippen molar-refractivity contribution in [3.8, 4) is 0 Å². The highest BCUT2D eigenvalue weighted by Gasteiger charge is 2.35. The van der Waals surface area contributed by atoms with Crippen molar-refractivity contribution in [3.63, 3.8) is 0 Å². The van der Waals surface area contributed by atoms with Gasteiger partial charge in [-0.3, -0.25) is 4.90 Å². The zero-order valence-corrected chi connectivity index (χ0v) is 11.3. The van der Waals surface area contributed by atoms with Crippen LogP contribution in [0.4, 0.5) is 9.18 Å². The van der Waals surface area contributed by atoms with Gasteiger partial charge in [0.15, 0.2) is 0 Å². The molecule has 1 aromatic carbocycles. The summed E-state index contributed by atoms with van der Waals surface area (Å²) in [5.41, 5.74) is 7.22. The fourth-order valence-corrected chi connectivity index (χ4v) is 2.93. The molecule has 2 aliphatic heterocycles. The van der Waals surface area contributed by atoms with E-state index in [1.165, 1.54) is 6.07 Å². The molecule has 108 valence electrons. The number of urea groups is 1. The summed E-state index contributed by atoms with van der Waals surface area (Å²) in [7, 11) is 0. The van der Waals surface area contributed by atoms with Crippen LogP contribution < -0.4 is 11.1 Å². The summed E-state index contributed by atoms with van der Waals surface area (Å²) >= 11 is 0. The molecule has 2 saturated heterocycles. The average molecular weight is 278 g/mol. The smallest absolute Gasteiger partial charge is 0.317 e. The molecule has 3 N–H and O–H groups in total. The number of nitrogens with two attached hydrogens (primary N) is 1. The van der Waals surface area contributed by atoms with Gasteiger partial charge in [0.1, 0.15) is 5.82 Å². The van der Waals surface area contributed by atoms with Crippen molar-refractivity contribution >= 4 is 6.03 Å². The van der Waals surface area contributed by atoms with Crippen LogP contribution in [0.5, 0.6) is 0 Å². The molecule has 0 radical (unpaired) electrons. The fraction of sp³-hybridized carbons (Fsp3) is 0.500. The Morgan fingerprint density at radius 3 is 3.05 bits per heavy atom. The highest BCUT2D eigenvalue weighted by atomic mass is 19.1. The standard InChI is InChI=1S/C14H19FN4O/c15-13-2-1-10(6-16)5-11(13)8-18-3-4-19-12(9-18)7-17-14(19)20/h1-2,5,12H,3-4,6-9,16H2,(H,17,20). The molecule has 3 rings (SSSR count). The number of carbonyl (C=O) groups excluding carboxylic acids is 1. The minimum absolute atomic E-state index is 0.0194. The third kappa shape index (κ3) is 2.48. The topological polar surface area (TPSA) is 61.6 Å². The first-order valence-electron chi connectivity index (χ1n) is 6.91. The number of amides is 2. The third-order valence-corrected chi connectivity index (χ3v) is 4.06. The largest absolute Gasteiger partial charge is 0.336 e. The minimum Gasteiger partial charge on any atom is -0.336 e. The summed E-state index contributed by atoms with van der Waals surface area (Å²) in [6.45, 7) is 3.93. The molecule has 6 heteroatoms. The predicted molar refractivity (Wildman–Crippen MR) is 73.5 cm³/mol. The molecule has 1 atom stereocenters. The van der Waals surface area contributed by atoms with Gasteiger partial charge in [0.2, 0.25) is 0 Å². The Bertz CT molecular complexity index is 522. The number of rotatable bonds is 3. The Kier molecular flexibility index (Phi) is 3.58. The van der Waals surface area contributed by atoms with Crippen LogP contribution in [0, 0.1) is 5.82 Å². The molecule has 2 aliphatic rings. The first-order chi connectivity index (χ1) is 9.67. The van der Waals surface area contributed by atoms with Gasteiger partial charge in [0.25, 0.3) is 0 Å². The SMILES string of the molecule is NCc1ccc(F)c(CN2CCN3C(=O)NCC3C2)c1. The number of carbonyl (C=O) groups is 1. The van der Waals surface area contributed by atoms with Crippen molar-refractivity contribution in [1.82, 2.24) is 15.1 Å². The molecule has 2 fully saturated rings. The summed E-state index contributed by atoms with van der Waals surface area (Å²) in [6, 6.07) is 5.26. The summed E-state index contributed by atoms with van der Waals surface area (Å²) in [5.74, 6) is -0.190. The quantitative estimate of drug-likeness (QED) is 0.846. The number of nitrogens with zero attached hydrogens (tertiary/aromatic N) is 2.